The van der Waals surface area contributed by atoms with Crippen LogP contribution in [0.3, 0.4) is 0 Å². The number of aromatic nitrogens is 4. The molecule has 4 rings (SSSR count). The Morgan fingerprint density at radius 2 is 2.24 bits per heavy atom. The largest absolute Gasteiger partial charge is 0.337 e. The summed E-state index contributed by atoms with van der Waals surface area (Å²) in [4.78, 5) is 21.0. The Bertz CT molecular complexity index is 882. The number of benzene rings is 1. The molecule has 1 aromatic carbocycles. The van der Waals surface area contributed by atoms with Crippen LogP contribution in [0.25, 0.3) is 10.9 Å². The Labute approximate surface area is 127 Å². The molecule has 21 heavy (non-hydrogen) atoms. The maximum atomic E-state index is 12.4. The van der Waals surface area contributed by atoms with Gasteiger partial charge in [-0.05, 0) is 31.0 Å². The fraction of sp³-hybridized carbons (Fsp3) is 0.286. The van der Waals surface area contributed by atoms with Crippen molar-refractivity contribution < 1.29 is 4.52 Å². The van der Waals surface area contributed by atoms with Crippen LogP contribution < -0.4 is 5.56 Å². The summed E-state index contributed by atoms with van der Waals surface area (Å²) in [5.41, 5.74) is 0.550. The first-order chi connectivity index (χ1) is 10.2. The molecular weight excluding hydrogens is 336 g/mol. The first-order valence-electron chi connectivity index (χ1n) is 6.68. The van der Waals surface area contributed by atoms with E-state index in [0.29, 0.717) is 22.7 Å². The summed E-state index contributed by atoms with van der Waals surface area (Å²) < 4.78 is 7.58. The van der Waals surface area contributed by atoms with Crippen LogP contribution in [0.1, 0.15) is 30.5 Å². The van der Waals surface area contributed by atoms with Crippen LogP contribution in [-0.4, -0.2) is 19.7 Å². The molecule has 1 fully saturated rings. The predicted molar refractivity (Wildman–Crippen MR) is 79.1 cm³/mol. The van der Waals surface area contributed by atoms with Crippen molar-refractivity contribution >= 4 is 26.8 Å². The summed E-state index contributed by atoms with van der Waals surface area (Å²) in [5, 5.41) is 4.52. The number of hydrogen-bond acceptors (Lipinski definition) is 5. The van der Waals surface area contributed by atoms with Gasteiger partial charge in [0.15, 0.2) is 5.82 Å². The van der Waals surface area contributed by atoms with Gasteiger partial charge in [0.05, 0.1) is 17.2 Å². The number of fused-ring (bicyclic) bond motifs is 1. The minimum Gasteiger partial charge on any atom is -0.337 e. The third kappa shape index (κ3) is 2.37. The van der Waals surface area contributed by atoms with Gasteiger partial charge in [0.2, 0.25) is 5.89 Å². The zero-order valence-corrected chi connectivity index (χ0v) is 12.6. The standard InChI is InChI=1S/C14H11BrN4O2/c15-9-3-4-10-11(5-9)16-7-19(14(10)20)6-12-17-13(18-21-12)8-1-2-8/h3-5,7-8H,1-2,6H2. The maximum absolute atomic E-state index is 12.4. The zero-order valence-electron chi connectivity index (χ0n) is 11.0. The minimum atomic E-state index is -0.112. The minimum absolute atomic E-state index is 0.112. The summed E-state index contributed by atoms with van der Waals surface area (Å²) in [5.74, 6) is 1.62. The van der Waals surface area contributed by atoms with Crippen molar-refractivity contribution in [3.8, 4) is 0 Å². The first-order valence-corrected chi connectivity index (χ1v) is 7.47. The quantitative estimate of drug-likeness (QED) is 0.728. The zero-order chi connectivity index (χ0) is 14.4. The molecule has 1 saturated carbocycles. The Balaban J connectivity index is 1.70. The molecule has 0 N–H and O–H groups in total. The van der Waals surface area contributed by atoms with Gasteiger partial charge in [0.25, 0.3) is 5.56 Å². The van der Waals surface area contributed by atoms with Gasteiger partial charge < -0.3 is 4.52 Å². The molecule has 0 unspecified atom stereocenters. The van der Waals surface area contributed by atoms with Crippen molar-refractivity contribution in [1.82, 2.24) is 19.7 Å². The lowest BCUT2D eigenvalue weighted by Gasteiger charge is -2.03. The molecule has 3 aromatic rings. The summed E-state index contributed by atoms with van der Waals surface area (Å²) in [6, 6.07) is 5.40. The Kier molecular flexibility index (Phi) is 2.88. The van der Waals surface area contributed by atoms with Crippen LogP contribution in [0.5, 0.6) is 0 Å². The average molecular weight is 347 g/mol. The first kappa shape index (κ1) is 12.7. The van der Waals surface area contributed by atoms with Crippen LogP contribution >= 0.6 is 15.9 Å². The van der Waals surface area contributed by atoms with E-state index >= 15 is 0 Å². The fourth-order valence-corrected chi connectivity index (χ4v) is 2.58. The van der Waals surface area contributed by atoms with E-state index in [1.54, 1.807) is 6.07 Å². The summed E-state index contributed by atoms with van der Waals surface area (Å²) in [7, 11) is 0. The molecule has 0 bridgehead atoms. The second kappa shape index (κ2) is 4.77. The van der Waals surface area contributed by atoms with Gasteiger partial charge in [0.1, 0.15) is 6.54 Å². The van der Waals surface area contributed by atoms with Crippen LogP contribution in [0.4, 0.5) is 0 Å². The normalized spacial score (nSPS) is 14.7. The highest BCUT2D eigenvalue weighted by molar-refractivity contribution is 9.10. The molecule has 0 atom stereocenters. The Hall–Kier alpha value is -2.02. The molecule has 0 amide bonds. The highest BCUT2D eigenvalue weighted by Gasteiger charge is 2.28. The van der Waals surface area contributed by atoms with E-state index in [2.05, 4.69) is 31.1 Å². The number of hydrogen-bond donors (Lipinski definition) is 0. The lowest BCUT2D eigenvalue weighted by atomic mass is 10.2. The fourth-order valence-electron chi connectivity index (χ4n) is 2.23. The van der Waals surface area contributed by atoms with Crippen molar-refractivity contribution in [3.63, 3.8) is 0 Å². The molecule has 106 valence electrons. The van der Waals surface area contributed by atoms with Gasteiger partial charge in [-0.2, -0.15) is 4.98 Å². The van der Waals surface area contributed by atoms with Crippen LogP contribution in [0.15, 0.2) is 38.3 Å². The smallest absolute Gasteiger partial charge is 0.261 e. The second-order valence-corrected chi connectivity index (χ2v) is 6.08. The van der Waals surface area contributed by atoms with E-state index in [1.807, 2.05) is 12.1 Å². The van der Waals surface area contributed by atoms with Crippen molar-refractivity contribution in [2.45, 2.75) is 25.3 Å². The summed E-state index contributed by atoms with van der Waals surface area (Å²) in [6.45, 7) is 0.248. The van der Waals surface area contributed by atoms with Crippen molar-refractivity contribution in [2.75, 3.05) is 0 Å². The molecular formula is C14H11BrN4O2. The molecule has 2 heterocycles. The Morgan fingerprint density at radius 1 is 1.38 bits per heavy atom. The van der Waals surface area contributed by atoms with E-state index < -0.39 is 0 Å². The molecule has 6 nitrogen and oxygen atoms in total. The van der Waals surface area contributed by atoms with Gasteiger partial charge in [-0.3, -0.25) is 9.36 Å². The Morgan fingerprint density at radius 3 is 3.05 bits per heavy atom. The van der Waals surface area contributed by atoms with Crippen LogP contribution in [0.2, 0.25) is 0 Å². The highest BCUT2D eigenvalue weighted by Crippen LogP contribution is 2.38. The topological polar surface area (TPSA) is 73.8 Å². The van der Waals surface area contributed by atoms with Gasteiger partial charge in [0, 0.05) is 10.4 Å². The lowest BCUT2D eigenvalue weighted by Crippen LogP contribution is -2.21. The van der Waals surface area contributed by atoms with Gasteiger partial charge in [-0.15, -0.1) is 0 Å². The number of nitrogens with zero attached hydrogens (tertiary/aromatic N) is 4. The van der Waals surface area contributed by atoms with E-state index in [-0.39, 0.29) is 12.1 Å². The number of rotatable bonds is 3. The highest BCUT2D eigenvalue weighted by atomic mass is 79.9. The summed E-state index contributed by atoms with van der Waals surface area (Å²) >= 11 is 3.37. The summed E-state index contributed by atoms with van der Waals surface area (Å²) in [6.07, 6.45) is 3.74. The van der Waals surface area contributed by atoms with Gasteiger partial charge >= 0.3 is 0 Å². The SMILES string of the molecule is O=c1c2ccc(Br)cc2ncn1Cc1nc(C2CC2)no1. The van der Waals surface area contributed by atoms with E-state index in [9.17, 15) is 4.79 Å². The monoisotopic (exact) mass is 346 g/mol. The van der Waals surface area contributed by atoms with Crippen molar-refractivity contribution in [1.29, 1.82) is 0 Å². The molecule has 1 aliphatic rings. The van der Waals surface area contributed by atoms with Crippen molar-refractivity contribution in [3.05, 3.63) is 51.1 Å². The van der Waals surface area contributed by atoms with Crippen LogP contribution in [-0.2, 0) is 6.54 Å². The maximum Gasteiger partial charge on any atom is 0.261 e. The van der Waals surface area contributed by atoms with Crippen molar-refractivity contribution in [2.24, 2.45) is 0 Å². The molecule has 0 spiro atoms. The van der Waals surface area contributed by atoms with E-state index in [0.717, 1.165) is 23.1 Å². The van der Waals surface area contributed by atoms with E-state index in [4.69, 9.17) is 4.52 Å². The van der Waals surface area contributed by atoms with E-state index in [1.165, 1.54) is 10.9 Å². The lowest BCUT2D eigenvalue weighted by molar-refractivity contribution is 0.364. The molecule has 0 radical (unpaired) electrons. The molecule has 1 aliphatic carbocycles. The van der Waals surface area contributed by atoms with Gasteiger partial charge in [-0.25, -0.2) is 4.98 Å². The predicted octanol–water partition coefficient (Wildman–Crippen LogP) is 2.47. The molecule has 0 saturated heterocycles. The number of halogens is 1. The third-order valence-electron chi connectivity index (χ3n) is 3.52. The van der Waals surface area contributed by atoms with Gasteiger partial charge in [-0.1, -0.05) is 21.1 Å². The molecule has 2 aromatic heterocycles. The van der Waals surface area contributed by atoms with Crippen LogP contribution in [0, 0.1) is 0 Å². The average Bonchev–Trinajstić information content (AvgIpc) is 3.22. The second-order valence-electron chi connectivity index (χ2n) is 5.16. The molecule has 0 aliphatic heterocycles. The molecule has 7 heteroatoms. The third-order valence-corrected chi connectivity index (χ3v) is 4.01.